The molecular formula is C13H21N3O4. The van der Waals surface area contributed by atoms with E-state index in [2.05, 4.69) is 34.8 Å². The molecule has 0 aromatic carbocycles. The number of nitrogens with zero attached hydrogens (tertiary/aromatic N) is 2. The minimum atomic E-state index is -1.82. The van der Waals surface area contributed by atoms with Crippen LogP contribution in [0.2, 0.25) is 0 Å². The molecule has 1 fully saturated rings. The van der Waals surface area contributed by atoms with E-state index in [4.69, 9.17) is 25.5 Å². The Morgan fingerprint density at radius 2 is 1.85 bits per heavy atom. The number of likely N-dealkylation sites (tertiary alicyclic amines) is 1. The average molecular weight is 283 g/mol. The van der Waals surface area contributed by atoms with Gasteiger partial charge in [-0.05, 0) is 38.1 Å². The molecule has 7 nitrogen and oxygen atoms in total. The molecule has 0 spiro atoms. The van der Waals surface area contributed by atoms with Gasteiger partial charge in [0.25, 0.3) is 0 Å². The molecule has 2 heterocycles. The van der Waals surface area contributed by atoms with E-state index in [9.17, 15) is 0 Å². The lowest BCUT2D eigenvalue weighted by Crippen LogP contribution is -2.32. The van der Waals surface area contributed by atoms with E-state index in [1.165, 1.54) is 31.6 Å². The van der Waals surface area contributed by atoms with Gasteiger partial charge in [-0.25, -0.2) is 9.59 Å². The monoisotopic (exact) mass is 283 g/mol. The van der Waals surface area contributed by atoms with Gasteiger partial charge in [-0.3, -0.25) is 4.90 Å². The molecule has 1 aromatic rings. The number of aliphatic carboxylic acids is 2. The highest BCUT2D eigenvalue weighted by molar-refractivity contribution is 6.27. The highest BCUT2D eigenvalue weighted by atomic mass is 16.4. The molecule has 0 radical (unpaired) electrons. The second-order valence-corrected chi connectivity index (χ2v) is 4.65. The molecular weight excluding hydrogens is 262 g/mol. The number of nitrogens with two attached hydrogens (primary N) is 1. The molecule has 7 heteroatoms. The zero-order valence-corrected chi connectivity index (χ0v) is 11.5. The maximum absolute atomic E-state index is 9.10. The number of hydrogen-bond acceptors (Lipinski definition) is 4. The third-order valence-electron chi connectivity index (χ3n) is 3.31. The fourth-order valence-electron chi connectivity index (χ4n) is 2.33. The van der Waals surface area contributed by atoms with Crippen LogP contribution in [0.4, 0.5) is 0 Å². The Hall–Kier alpha value is -1.86. The fourth-order valence-corrected chi connectivity index (χ4v) is 2.33. The van der Waals surface area contributed by atoms with Crippen LogP contribution >= 0.6 is 0 Å². The summed E-state index contributed by atoms with van der Waals surface area (Å²) < 4.78 is 2.18. The highest BCUT2D eigenvalue weighted by Gasteiger charge is 2.23. The Kier molecular flexibility index (Phi) is 6.20. The summed E-state index contributed by atoms with van der Waals surface area (Å²) >= 11 is 0. The maximum Gasteiger partial charge on any atom is 0.414 e. The molecule has 20 heavy (non-hydrogen) atoms. The average Bonchev–Trinajstić information content (AvgIpc) is 3.04. The second kappa shape index (κ2) is 7.66. The summed E-state index contributed by atoms with van der Waals surface area (Å²) in [6.45, 7) is 3.12. The molecule has 0 bridgehead atoms. The predicted molar refractivity (Wildman–Crippen MR) is 73.3 cm³/mol. The Labute approximate surface area is 117 Å². The van der Waals surface area contributed by atoms with Crippen LogP contribution in [-0.4, -0.2) is 51.3 Å². The molecule has 2 rings (SSSR count). The summed E-state index contributed by atoms with van der Waals surface area (Å²) in [5.41, 5.74) is 7.20. The van der Waals surface area contributed by atoms with Gasteiger partial charge in [-0.1, -0.05) is 0 Å². The lowest BCUT2D eigenvalue weighted by molar-refractivity contribution is -0.159. The normalized spacial score (nSPS) is 16.3. The summed E-state index contributed by atoms with van der Waals surface area (Å²) in [4.78, 5) is 20.7. The van der Waals surface area contributed by atoms with Crippen LogP contribution < -0.4 is 5.73 Å². The first-order valence-corrected chi connectivity index (χ1v) is 6.49. The third-order valence-corrected chi connectivity index (χ3v) is 3.31. The minimum Gasteiger partial charge on any atom is -0.473 e. The van der Waals surface area contributed by atoms with Gasteiger partial charge in [0.05, 0.1) is 6.04 Å². The standard InChI is InChI=1S/C11H19N3.C2H2O4/c1-13-6-4-5-10(13)11(9-12)14-7-2-3-8-14;3-1(4)2(5)6/h4-6,11H,2-3,7-9,12H2,1H3;(H,3,4)(H,5,6). The summed E-state index contributed by atoms with van der Waals surface area (Å²) in [5.74, 6) is -3.65. The predicted octanol–water partition coefficient (Wildman–Crippen LogP) is 0.276. The molecule has 1 aliphatic rings. The fraction of sp³-hybridized carbons (Fsp3) is 0.538. The SMILES string of the molecule is Cn1cccc1C(CN)N1CCCC1.O=C(O)C(=O)O. The summed E-state index contributed by atoms with van der Waals surface area (Å²) in [7, 11) is 2.09. The van der Waals surface area contributed by atoms with Crippen LogP contribution in [0, 0.1) is 0 Å². The number of carbonyl (C=O) groups is 2. The van der Waals surface area contributed by atoms with Gasteiger partial charge in [-0.15, -0.1) is 0 Å². The molecule has 112 valence electrons. The lowest BCUT2D eigenvalue weighted by atomic mass is 10.2. The van der Waals surface area contributed by atoms with Crippen molar-refractivity contribution >= 4 is 11.9 Å². The third kappa shape index (κ3) is 4.36. The molecule has 1 saturated heterocycles. The van der Waals surface area contributed by atoms with Gasteiger partial charge in [0.1, 0.15) is 0 Å². The van der Waals surface area contributed by atoms with Gasteiger partial charge < -0.3 is 20.5 Å². The van der Waals surface area contributed by atoms with Crippen LogP contribution in [0.1, 0.15) is 24.6 Å². The van der Waals surface area contributed by atoms with Gasteiger partial charge >= 0.3 is 11.9 Å². The van der Waals surface area contributed by atoms with Crippen molar-refractivity contribution in [2.45, 2.75) is 18.9 Å². The molecule has 0 aliphatic carbocycles. The summed E-state index contributed by atoms with van der Waals surface area (Å²) in [6.07, 6.45) is 4.73. The number of carboxylic acid groups (broad SMARTS) is 2. The number of carboxylic acids is 2. The van der Waals surface area contributed by atoms with Crippen LogP contribution in [0.3, 0.4) is 0 Å². The Balaban J connectivity index is 0.000000286. The van der Waals surface area contributed by atoms with E-state index in [-0.39, 0.29) is 0 Å². The Morgan fingerprint density at radius 3 is 2.20 bits per heavy atom. The number of rotatable bonds is 3. The van der Waals surface area contributed by atoms with E-state index >= 15 is 0 Å². The summed E-state index contributed by atoms with van der Waals surface area (Å²) in [6, 6.07) is 4.68. The molecule has 1 aliphatic heterocycles. The zero-order valence-electron chi connectivity index (χ0n) is 11.5. The number of hydrogen-bond donors (Lipinski definition) is 3. The van der Waals surface area contributed by atoms with Crippen molar-refractivity contribution in [3.63, 3.8) is 0 Å². The Bertz CT molecular complexity index is 440. The molecule has 1 aromatic heterocycles. The molecule has 0 saturated carbocycles. The van der Waals surface area contributed by atoms with E-state index in [0.29, 0.717) is 6.04 Å². The van der Waals surface area contributed by atoms with Crippen molar-refractivity contribution in [3.05, 3.63) is 24.0 Å². The lowest BCUT2D eigenvalue weighted by Gasteiger charge is -2.26. The zero-order chi connectivity index (χ0) is 15.1. The van der Waals surface area contributed by atoms with Crippen molar-refractivity contribution in [3.8, 4) is 0 Å². The molecule has 1 unspecified atom stereocenters. The first-order valence-electron chi connectivity index (χ1n) is 6.49. The Morgan fingerprint density at radius 1 is 1.30 bits per heavy atom. The van der Waals surface area contributed by atoms with E-state index in [1.54, 1.807) is 0 Å². The highest BCUT2D eigenvalue weighted by Crippen LogP contribution is 2.23. The van der Waals surface area contributed by atoms with Crippen molar-refractivity contribution in [1.29, 1.82) is 0 Å². The van der Waals surface area contributed by atoms with E-state index < -0.39 is 11.9 Å². The van der Waals surface area contributed by atoms with Crippen LogP contribution in [-0.2, 0) is 16.6 Å². The van der Waals surface area contributed by atoms with Crippen LogP contribution in [0.15, 0.2) is 18.3 Å². The first kappa shape index (κ1) is 16.2. The maximum atomic E-state index is 9.10. The van der Waals surface area contributed by atoms with Crippen molar-refractivity contribution in [2.24, 2.45) is 12.8 Å². The smallest absolute Gasteiger partial charge is 0.414 e. The van der Waals surface area contributed by atoms with Gasteiger partial charge in [0.15, 0.2) is 0 Å². The molecule has 0 amide bonds. The van der Waals surface area contributed by atoms with Crippen molar-refractivity contribution in [1.82, 2.24) is 9.47 Å². The van der Waals surface area contributed by atoms with Gasteiger partial charge in [0, 0.05) is 25.5 Å². The van der Waals surface area contributed by atoms with E-state index in [1.807, 2.05) is 0 Å². The van der Waals surface area contributed by atoms with E-state index in [0.717, 1.165) is 6.54 Å². The number of aromatic nitrogens is 1. The topological polar surface area (TPSA) is 109 Å². The van der Waals surface area contributed by atoms with Crippen LogP contribution in [0.5, 0.6) is 0 Å². The quantitative estimate of drug-likeness (QED) is 0.687. The van der Waals surface area contributed by atoms with Gasteiger partial charge in [0.2, 0.25) is 0 Å². The first-order chi connectivity index (χ1) is 9.47. The largest absolute Gasteiger partial charge is 0.473 e. The molecule has 4 N–H and O–H groups in total. The van der Waals surface area contributed by atoms with Crippen LogP contribution in [0.25, 0.3) is 0 Å². The summed E-state index contributed by atoms with van der Waals surface area (Å²) in [5, 5.41) is 14.8. The second-order valence-electron chi connectivity index (χ2n) is 4.65. The van der Waals surface area contributed by atoms with Crippen molar-refractivity contribution < 1.29 is 19.8 Å². The minimum absolute atomic E-state index is 0.414. The number of aryl methyl sites for hydroxylation is 1. The van der Waals surface area contributed by atoms with Gasteiger partial charge in [-0.2, -0.15) is 0 Å². The molecule has 1 atom stereocenters. The van der Waals surface area contributed by atoms with Crippen molar-refractivity contribution in [2.75, 3.05) is 19.6 Å².